The van der Waals surface area contributed by atoms with Crippen LogP contribution in [0.5, 0.6) is 0 Å². The Hall–Kier alpha value is -3.33. The van der Waals surface area contributed by atoms with Gasteiger partial charge in [0.25, 0.3) is 0 Å². The molecular weight excluding hydrogens is 450 g/mol. The van der Waals surface area contributed by atoms with Gasteiger partial charge in [0, 0.05) is 35.7 Å². The Morgan fingerprint density at radius 3 is 1.73 bits per heavy atom. The number of pyridine rings is 1. The van der Waals surface area contributed by atoms with Gasteiger partial charge in [-0.1, -0.05) is 96.7 Å². The average Bonchev–Trinajstić information content (AvgIpc) is 2.87. The van der Waals surface area contributed by atoms with Crippen LogP contribution in [-0.2, 0) is 6.42 Å². The summed E-state index contributed by atoms with van der Waals surface area (Å²) in [5.41, 5.74) is 10.1. The summed E-state index contributed by atoms with van der Waals surface area (Å²) in [5, 5.41) is 0. The van der Waals surface area contributed by atoms with E-state index in [2.05, 4.69) is 109 Å². The lowest BCUT2D eigenvalue weighted by Crippen LogP contribution is -2.23. The highest BCUT2D eigenvalue weighted by Gasteiger charge is 2.21. The molecule has 0 aliphatic rings. The fraction of sp³-hybridized carbons (Fsp3) is 0.382. The van der Waals surface area contributed by atoms with Gasteiger partial charge in [-0.2, -0.15) is 0 Å². The number of rotatable bonds is 10. The van der Waals surface area contributed by atoms with Gasteiger partial charge in [0.1, 0.15) is 0 Å². The summed E-state index contributed by atoms with van der Waals surface area (Å²) in [7, 11) is 0. The summed E-state index contributed by atoms with van der Waals surface area (Å²) < 4.78 is 0. The minimum absolute atomic E-state index is 0.0213. The molecule has 0 aliphatic carbocycles. The van der Waals surface area contributed by atoms with Crippen LogP contribution in [0.1, 0.15) is 101 Å². The molecule has 194 valence electrons. The second-order valence-corrected chi connectivity index (χ2v) is 10.8. The molecule has 0 saturated heterocycles. The molecule has 2 aromatic carbocycles. The molecule has 1 unspecified atom stereocenters. The first kappa shape index (κ1) is 28.2. The number of para-hydroxylation sites is 2. The van der Waals surface area contributed by atoms with Crippen LogP contribution in [0.25, 0.3) is 6.08 Å². The Kier molecular flexibility index (Phi) is 9.74. The van der Waals surface area contributed by atoms with E-state index in [1.807, 2.05) is 24.4 Å². The standard InChI is InChI=1S/C34H43N3/c1-10-27-15-13-17-29(22(2)3)33(27)36-25(8)32(21-28-16-11-12-20-35-28)26(9)37-34-30(23(4)5)18-14-19-31(34)24(6)7/h10-20,22-24,32H,1,21H2,2-9H3. The Balaban J connectivity index is 2.20. The molecule has 0 aliphatic heterocycles. The molecular formula is C34H43N3. The van der Waals surface area contributed by atoms with Crippen molar-refractivity contribution in [2.75, 3.05) is 0 Å². The van der Waals surface area contributed by atoms with Crippen molar-refractivity contribution >= 4 is 28.9 Å². The Morgan fingerprint density at radius 1 is 0.730 bits per heavy atom. The van der Waals surface area contributed by atoms with Crippen LogP contribution in [0.3, 0.4) is 0 Å². The van der Waals surface area contributed by atoms with Crippen LogP contribution in [0.2, 0.25) is 0 Å². The Morgan fingerprint density at radius 2 is 1.24 bits per heavy atom. The van der Waals surface area contributed by atoms with Gasteiger partial charge in [-0.25, -0.2) is 0 Å². The highest BCUT2D eigenvalue weighted by Crippen LogP contribution is 2.36. The first-order chi connectivity index (χ1) is 17.6. The largest absolute Gasteiger partial charge is 0.261 e. The predicted molar refractivity (Wildman–Crippen MR) is 162 cm³/mol. The van der Waals surface area contributed by atoms with Crippen molar-refractivity contribution < 1.29 is 0 Å². The number of nitrogens with zero attached hydrogens (tertiary/aromatic N) is 3. The summed E-state index contributed by atoms with van der Waals surface area (Å²) in [6.07, 6.45) is 4.51. The molecule has 3 heteroatoms. The molecule has 1 atom stereocenters. The smallest absolute Gasteiger partial charge is 0.0735 e. The van der Waals surface area contributed by atoms with Gasteiger partial charge in [-0.3, -0.25) is 15.0 Å². The van der Waals surface area contributed by atoms with Crippen LogP contribution in [0, 0.1) is 5.92 Å². The van der Waals surface area contributed by atoms with E-state index in [4.69, 9.17) is 9.98 Å². The van der Waals surface area contributed by atoms with E-state index < -0.39 is 0 Å². The van der Waals surface area contributed by atoms with Crippen LogP contribution >= 0.6 is 0 Å². The number of aliphatic imine (C=N–C) groups is 2. The molecule has 3 aromatic rings. The molecule has 3 nitrogen and oxygen atoms in total. The van der Waals surface area contributed by atoms with Gasteiger partial charge < -0.3 is 0 Å². The summed E-state index contributed by atoms with van der Waals surface area (Å²) in [5.74, 6) is 1.17. The van der Waals surface area contributed by atoms with Crippen LogP contribution in [-0.4, -0.2) is 16.4 Å². The van der Waals surface area contributed by atoms with Crippen LogP contribution in [0.15, 0.2) is 77.4 Å². The van der Waals surface area contributed by atoms with Gasteiger partial charge in [-0.05, 0) is 66.0 Å². The predicted octanol–water partition coefficient (Wildman–Crippen LogP) is 9.84. The molecule has 0 saturated carbocycles. The third kappa shape index (κ3) is 6.91. The van der Waals surface area contributed by atoms with Gasteiger partial charge in [0.2, 0.25) is 0 Å². The third-order valence-electron chi connectivity index (χ3n) is 7.01. The third-order valence-corrected chi connectivity index (χ3v) is 7.01. The molecule has 0 radical (unpaired) electrons. The summed E-state index contributed by atoms with van der Waals surface area (Å²) >= 11 is 0. The molecule has 1 aromatic heterocycles. The molecule has 37 heavy (non-hydrogen) atoms. The quantitative estimate of drug-likeness (QED) is 0.259. The van der Waals surface area contributed by atoms with Crippen molar-refractivity contribution in [3.8, 4) is 0 Å². The maximum atomic E-state index is 5.35. The first-order valence-electron chi connectivity index (χ1n) is 13.5. The van der Waals surface area contributed by atoms with E-state index in [9.17, 15) is 0 Å². The summed E-state index contributed by atoms with van der Waals surface area (Å²) in [6.45, 7) is 21.7. The van der Waals surface area contributed by atoms with E-state index in [-0.39, 0.29) is 5.92 Å². The second-order valence-electron chi connectivity index (χ2n) is 10.8. The van der Waals surface area contributed by atoms with Gasteiger partial charge in [-0.15, -0.1) is 0 Å². The molecule has 0 fully saturated rings. The monoisotopic (exact) mass is 493 g/mol. The van der Waals surface area contributed by atoms with Crippen molar-refractivity contribution in [2.24, 2.45) is 15.9 Å². The number of hydrogen-bond donors (Lipinski definition) is 0. The van der Waals surface area contributed by atoms with Crippen molar-refractivity contribution in [1.29, 1.82) is 0 Å². The lowest BCUT2D eigenvalue weighted by atomic mass is 9.90. The first-order valence-corrected chi connectivity index (χ1v) is 13.5. The molecule has 0 bridgehead atoms. The molecule has 1 heterocycles. The van der Waals surface area contributed by atoms with Crippen molar-refractivity contribution in [2.45, 2.75) is 79.6 Å². The number of aromatic nitrogens is 1. The number of benzene rings is 2. The second kappa shape index (κ2) is 12.8. The minimum Gasteiger partial charge on any atom is -0.261 e. The van der Waals surface area contributed by atoms with E-state index in [0.29, 0.717) is 17.8 Å². The van der Waals surface area contributed by atoms with Gasteiger partial charge >= 0.3 is 0 Å². The Labute approximate surface area is 224 Å². The number of hydrogen-bond acceptors (Lipinski definition) is 3. The highest BCUT2D eigenvalue weighted by molar-refractivity contribution is 6.07. The maximum absolute atomic E-state index is 5.35. The van der Waals surface area contributed by atoms with Crippen molar-refractivity contribution in [1.82, 2.24) is 4.98 Å². The fourth-order valence-corrected chi connectivity index (χ4v) is 4.81. The molecule has 0 spiro atoms. The van der Waals surface area contributed by atoms with Crippen LogP contribution < -0.4 is 0 Å². The van der Waals surface area contributed by atoms with Crippen molar-refractivity contribution in [3.05, 3.63) is 95.3 Å². The topological polar surface area (TPSA) is 37.6 Å². The molecule has 3 rings (SSSR count). The van der Waals surface area contributed by atoms with Crippen molar-refractivity contribution in [3.63, 3.8) is 0 Å². The van der Waals surface area contributed by atoms with Gasteiger partial charge in [0.05, 0.1) is 11.4 Å². The SMILES string of the molecule is C=Cc1cccc(C(C)C)c1N=C(C)C(Cc1ccccn1)C(C)=Nc1c(C(C)C)cccc1C(C)C. The van der Waals surface area contributed by atoms with E-state index >= 15 is 0 Å². The lowest BCUT2D eigenvalue weighted by Gasteiger charge is -2.21. The molecule has 0 amide bonds. The average molecular weight is 494 g/mol. The van der Waals surface area contributed by atoms with Gasteiger partial charge in [0.15, 0.2) is 0 Å². The van der Waals surface area contributed by atoms with E-state index in [1.165, 1.54) is 16.7 Å². The highest BCUT2D eigenvalue weighted by atomic mass is 14.8. The summed E-state index contributed by atoms with van der Waals surface area (Å²) in [4.78, 5) is 15.3. The zero-order valence-electron chi connectivity index (χ0n) is 23.9. The maximum Gasteiger partial charge on any atom is 0.0735 e. The summed E-state index contributed by atoms with van der Waals surface area (Å²) in [6, 6.07) is 19.0. The van der Waals surface area contributed by atoms with E-state index in [0.717, 1.165) is 40.5 Å². The van der Waals surface area contributed by atoms with Crippen LogP contribution in [0.4, 0.5) is 11.4 Å². The Bertz CT molecular complexity index is 1240. The van der Waals surface area contributed by atoms with E-state index in [1.54, 1.807) is 0 Å². The zero-order chi connectivity index (χ0) is 27.1. The minimum atomic E-state index is 0.0213. The normalized spacial score (nSPS) is 13.5. The fourth-order valence-electron chi connectivity index (χ4n) is 4.81. The molecule has 0 N–H and O–H groups in total. The lowest BCUT2D eigenvalue weighted by molar-refractivity contribution is 0.826. The zero-order valence-corrected chi connectivity index (χ0v) is 23.9.